The van der Waals surface area contributed by atoms with E-state index in [2.05, 4.69) is 22.1 Å². The van der Waals surface area contributed by atoms with Crippen LogP contribution in [0.15, 0.2) is 29.3 Å². The Balaban J connectivity index is 1.30. The van der Waals surface area contributed by atoms with Gasteiger partial charge >= 0.3 is 0 Å². The molecular weight excluding hydrogens is 462 g/mol. The highest BCUT2D eigenvalue weighted by Gasteiger charge is 2.37. The molecular formula is C26H37N5O3S. The fourth-order valence-electron chi connectivity index (χ4n) is 6.04. The molecule has 8 nitrogen and oxygen atoms in total. The van der Waals surface area contributed by atoms with Gasteiger partial charge in [0, 0.05) is 57.2 Å². The molecule has 0 aromatic carbocycles. The van der Waals surface area contributed by atoms with Crippen LogP contribution in [0, 0.1) is 24.7 Å². The lowest BCUT2D eigenvalue weighted by Crippen LogP contribution is -2.38. The van der Waals surface area contributed by atoms with E-state index < -0.39 is 10.0 Å². The van der Waals surface area contributed by atoms with E-state index in [1.807, 2.05) is 18.3 Å². The van der Waals surface area contributed by atoms with Crippen molar-refractivity contribution in [1.82, 2.24) is 19.2 Å². The topological polar surface area (TPSA) is 87.5 Å². The van der Waals surface area contributed by atoms with Gasteiger partial charge in [0.15, 0.2) is 0 Å². The van der Waals surface area contributed by atoms with Gasteiger partial charge in [-0.1, -0.05) is 19.4 Å². The molecule has 4 heterocycles. The average molecular weight is 500 g/mol. The average Bonchev–Trinajstić information content (AvgIpc) is 3.53. The second-order valence-electron chi connectivity index (χ2n) is 10.6. The van der Waals surface area contributed by atoms with Gasteiger partial charge in [0.25, 0.3) is 5.91 Å². The number of amides is 1. The Morgan fingerprint density at radius 1 is 1.14 bits per heavy atom. The van der Waals surface area contributed by atoms with Crippen LogP contribution in [0.4, 0.5) is 5.82 Å². The number of nitrogens with zero attached hydrogens (tertiary/aromatic N) is 4. The maximum Gasteiger partial charge on any atom is 0.268 e. The van der Waals surface area contributed by atoms with Gasteiger partial charge in [-0.2, -0.15) is 4.31 Å². The molecule has 2 aliphatic heterocycles. The van der Waals surface area contributed by atoms with Gasteiger partial charge in [-0.15, -0.1) is 0 Å². The van der Waals surface area contributed by atoms with E-state index in [0.29, 0.717) is 36.9 Å². The fraction of sp³-hybridized carbons (Fsp3) is 0.615. The molecule has 190 valence electrons. The molecule has 0 bridgehead atoms. The Kier molecular flexibility index (Phi) is 6.65. The highest BCUT2D eigenvalue weighted by atomic mass is 32.2. The van der Waals surface area contributed by atoms with Crippen molar-refractivity contribution in [3.05, 3.63) is 41.3 Å². The minimum Gasteiger partial charge on any atom is -0.356 e. The van der Waals surface area contributed by atoms with Crippen LogP contribution in [0.3, 0.4) is 0 Å². The highest BCUT2D eigenvalue weighted by molar-refractivity contribution is 7.89. The van der Waals surface area contributed by atoms with Gasteiger partial charge in [0.2, 0.25) is 10.0 Å². The van der Waals surface area contributed by atoms with E-state index in [0.717, 1.165) is 49.1 Å². The molecule has 3 fully saturated rings. The largest absolute Gasteiger partial charge is 0.356 e. The summed E-state index contributed by atoms with van der Waals surface area (Å²) in [5.74, 6) is 2.73. The molecule has 9 heteroatoms. The fourth-order valence-corrected chi connectivity index (χ4v) is 7.78. The summed E-state index contributed by atoms with van der Waals surface area (Å²) in [7, 11) is -1.88. The van der Waals surface area contributed by atoms with Crippen molar-refractivity contribution in [3.63, 3.8) is 0 Å². The molecule has 1 aliphatic carbocycles. The summed E-state index contributed by atoms with van der Waals surface area (Å²) in [6, 6.07) is 5.45. The van der Waals surface area contributed by atoms with Gasteiger partial charge in [-0.25, -0.2) is 13.4 Å². The number of pyridine rings is 1. The number of nitrogens with one attached hydrogen (secondary N) is 1. The summed E-state index contributed by atoms with van der Waals surface area (Å²) in [5, 5.41) is 3.01. The third-order valence-corrected chi connectivity index (χ3v) is 10.4. The molecule has 2 unspecified atom stereocenters. The summed E-state index contributed by atoms with van der Waals surface area (Å²) in [6.45, 7) is 7.40. The number of carbonyl (C=O) groups excluding carboxylic acids is 1. The van der Waals surface area contributed by atoms with E-state index in [-0.39, 0.29) is 10.8 Å². The zero-order chi connectivity index (χ0) is 24.7. The number of fused-ring (bicyclic) bond motifs is 1. The monoisotopic (exact) mass is 499 g/mol. The SMILES string of the molecule is Cc1c(S(=O)(=O)N2CCC(C)CC2)cc(C(=O)NCc2cccnc2N2CC3CCCC3C2)n1C. The highest BCUT2D eigenvalue weighted by Crippen LogP contribution is 2.39. The Bertz CT molecular complexity index is 1190. The smallest absolute Gasteiger partial charge is 0.268 e. The molecule has 2 aromatic rings. The van der Waals surface area contributed by atoms with Gasteiger partial charge in [0.1, 0.15) is 16.4 Å². The minimum absolute atomic E-state index is 0.227. The molecule has 1 saturated carbocycles. The first kappa shape index (κ1) is 24.3. The maximum atomic E-state index is 13.3. The molecule has 2 atom stereocenters. The van der Waals surface area contributed by atoms with E-state index in [1.165, 1.54) is 25.3 Å². The second-order valence-corrected chi connectivity index (χ2v) is 12.6. The normalized spacial score (nSPS) is 23.6. The molecule has 3 aliphatic rings. The summed E-state index contributed by atoms with van der Waals surface area (Å²) in [4.78, 5) is 20.4. The van der Waals surface area contributed by atoms with E-state index >= 15 is 0 Å². The predicted octanol–water partition coefficient (Wildman–Crippen LogP) is 3.32. The number of aromatic nitrogens is 2. The molecule has 0 spiro atoms. The van der Waals surface area contributed by atoms with Crippen molar-refractivity contribution in [2.24, 2.45) is 24.8 Å². The number of rotatable bonds is 6. The third-order valence-electron chi connectivity index (χ3n) is 8.41. The van der Waals surface area contributed by atoms with Crippen LogP contribution >= 0.6 is 0 Å². The van der Waals surface area contributed by atoms with Crippen LogP contribution in [0.25, 0.3) is 0 Å². The van der Waals surface area contributed by atoms with Crippen LogP contribution in [0.5, 0.6) is 0 Å². The van der Waals surface area contributed by atoms with Gasteiger partial charge in [-0.3, -0.25) is 4.79 Å². The molecule has 0 radical (unpaired) electrons. The second kappa shape index (κ2) is 9.58. The molecule has 2 aromatic heterocycles. The molecule has 5 rings (SSSR count). The maximum absolute atomic E-state index is 13.3. The lowest BCUT2D eigenvalue weighted by atomic mass is 10.0. The van der Waals surface area contributed by atoms with Crippen molar-refractivity contribution >= 4 is 21.7 Å². The van der Waals surface area contributed by atoms with Crippen molar-refractivity contribution < 1.29 is 13.2 Å². The number of hydrogen-bond acceptors (Lipinski definition) is 5. The summed E-state index contributed by atoms with van der Waals surface area (Å²) < 4.78 is 29.9. The van der Waals surface area contributed by atoms with Gasteiger partial charge < -0.3 is 14.8 Å². The van der Waals surface area contributed by atoms with Crippen LogP contribution < -0.4 is 10.2 Å². The number of piperidine rings is 1. The molecule has 35 heavy (non-hydrogen) atoms. The predicted molar refractivity (Wildman–Crippen MR) is 136 cm³/mol. The van der Waals surface area contributed by atoms with Crippen molar-refractivity contribution in [2.45, 2.75) is 57.4 Å². The van der Waals surface area contributed by atoms with Crippen molar-refractivity contribution in [2.75, 3.05) is 31.1 Å². The number of sulfonamides is 1. The van der Waals surface area contributed by atoms with E-state index in [1.54, 1.807) is 22.8 Å². The quantitative estimate of drug-likeness (QED) is 0.659. The molecule has 1 N–H and O–H groups in total. The zero-order valence-corrected chi connectivity index (χ0v) is 21.9. The summed E-state index contributed by atoms with van der Waals surface area (Å²) in [5.41, 5.74) is 1.93. The first-order valence-corrected chi connectivity index (χ1v) is 14.3. The van der Waals surface area contributed by atoms with Crippen LogP contribution in [0.1, 0.15) is 60.8 Å². The first-order valence-electron chi connectivity index (χ1n) is 12.9. The number of hydrogen-bond donors (Lipinski definition) is 1. The first-order chi connectivity index (χ1) is 16.8. The zero-order valence-electron chi connectivity index (χ0n) is 21.0. The van der Waals surface area contributed by atoms with Crippen molar-refractivity contribution in [3.8, 4) is 0 Å². The number of anilines is 1. The summed E-state index contributed by atoms with van der Waals surface area (Å²) in [6.07, 6.45) is 7.48. The van der Waals surface area contributed by atoms with Crippen LogP contribution in [0.2, 0.25) is 0 Å². The van der Waals surface area contributed by atoms with E-state index in [9.17, 15) is 13.2 Å². The minimum atomic E-state index is -3.63. The Labute approximate surface area is 208 Å². The van der Waals surface area contributed by atoms with Gasteiger partial charge in [0.05, 0.1) is 0 Å². The standard InChI is InChI=1S/C26H37N5O3S/c1-18-9-12-31(13-10-18)35(33,34)24-14-23(29(3)19(24)2)26(32)28-15-20-8-5-11-27-25(20)30-16-21-6-4-7-22(21)17-30/h5,8,11,14,18,21-22H,4,6-7,9-10,12-13,15-17H2,1-3H3,(H,28,32). The van der Waals surface area contributed by atoms with Crippen molar-refractivity contribution in [1.29, 1.82) is 0 Å². The Morgan fingerprint density at radius 2 is 1.83 bits per heavy atom. The Hall–Kier alpha value is -2.39. The molecule has 1 amide bonds. The van der Waals surface area contributed by atoms with Crippen LogP contribution in [-0.4, -0.2) is 54.4 Å². The molecule has 2 saturated heterocycles. The summed E-state index contributed by atoms with van der Waals surface area (Å²) >= 11 is 0. The van der Waals surface area contributed by atoms with Crippen LogP contribution in [-0.2, 0) is 23.6 Å². The van der Waals surface area contributed by atoms with E-state index in [4.69, 9.17) is 0 Å². The number of carbonyl (C=O) groups is 1. The Morgan fingerprint density at radius 3 is 2.51 bits per heavy atom. The lowest BCUT2D eigenvalue weighted by Gasteiger charge is -2.29. The lowest BCUT2D eigenvalue weighted by molar-refractivity contribution is 0.0942. The third kappa shape index (κ3) is 4.60. The van der Waals surface area contributed by atoms with Gasteiger partial charge in [-0.05, 0) is 62.5 Å².